The third-order valence-electron chi connectivity index (χ3n) is 2.18. The Kier molecular flexibility index (Phi) is 3.81. The van der Waals surface area contributed by atoms with Crippen molar-refractivity contribution in [1.29, 1.82) is 0 Å². The van der Waals surface area contributed by atoms with Crippen LogP contribution in [0.1, 0.15) is 16.1 Å². The standard InChI is InChI=1S/C11H9BrClN3O/c12-9-5-7(1-2-10(9)13)11(17)14-6-8-3-4-15-16-8/h1-5H,6H2,(H,14,17)(H,15,16). The summed E-state index contributed by atoms with van der Waals surface area (Å²) in [5.74, 6) is -0.156. The Hall–Kier alpha value is -1.33. The fourth-order valence-corrected chi connectivity index (χ4v) is 1.79. The van der Waals surface area contributed by atoms with E-state index < -0.39 is 0 Å². The second kappa shape index (κ2) is 5.33. The maximum atomic E-state index is 11.8. The topological polar surface area (TPSA) is 57.8 Å². The molecule has 2 rings (SSSR count). The molecule has 1 amide bonds. The van der Waals surface area contributed by atoms with Crippen molar-refractivity contribution in [2.45, 2.75) is 6.54 Å². The molecule has 0 saturated carbocycles. The molecule has 0 saturated heterocycles. The molecule has 0 aliphatic heterocycles. The minimum atomic E-state index is -0.156. The molecule has 0 bridgehead atoms. The van der Waals surface area contributed by atoms with Crippen molar-refractivity contribution >= 4 is 33.4 Å². The first-order valence-corrected chi connectivity index (χ1v) is 6.05. The van der Waals surface area contributed by atoms with E-state index in [-0.39, 0.29) is 5.91 Å². The van der Waals surface area contributed by atoms with E-state index in [1.807, 2.05) is 0 Å². The molecule has 0 unspecified atom stereocenters. The van der Waals surface area contributed by atoms with E-state index in [0.717, 1.165) is 5.69 Å². The van der Waals surface area contributed by atoms with Gasteiger partial charge in [0, 0.05) is 16.2 Å². The number of amides is 1. The predicted molar refractivity (Wildman–Crippen MR) is 68.9 cm³/mol. The van der Waals surface area contributed by atoms with Gasteiger partial charge in [-0.15, -0.1) is 0 Å². The number of hydrogen-bond donors (Lipinski definition) is 2. The molecule has 0 aliphatic carbocycles. The second-order valence-electron chi connectivity index (χ2n) is 3.39. The quantitative estimate of drug-likeness (QED) is 0.915. The first-order valence-electron chi connectivity index (χ1n) is 4.88. The van der Waals surface area contributed by atoms with Crippen LogP contribution in [0, 0.1) is 0 Å². The molecule has 0 spiro atoms. The fraction of sp³-hybridized carbons (Fsp3) is 0.0909. The Morgan fingerprint density at radius 1 is 1.47 bits per heavy atom. The van der Waals surface area contributed by atoms with Gasteiger partial charge in [0.15, 0.2) is 0 Å². The normalized spacial score (nSPS) is 10.2. The molecule has 6 heteroatoms. The average molecular weight is 315 g/mol. The molecule has 2 N–H and O–H groups in total. The van der Waals surface area contributed by atoms with Gasteiger partial charge >= 0.3 is 0 Å². The summed E-state index contributed by atoms with van der Waals surface area (Å²) in [7, 11) is 0. The lowest BCUT2D eigenvalue weighted by atomic mass is 10.2. The van der Waals surface area contributed by atoms with Gasteiger partial charge in [0.1, 0.15) is 0 Å². The number of aromatic amines is 1. The third-order valence-corrected chi connectivity index (χ3v) is 3.39. The zero-order valence-corrected chi connectivity index (χ0v) is 11.0. The van der Waals surface area contributed by atoms with Gasteiger partial charge < -0.3 is 5.32 Å². The van der Waals surface area contributed by atoms with Gasteiger partial charge in [0.2, 0.25) is 0 Å². The second-order valence-corrected chi connectivity index (χ2v) is 4.65. The van der Waals surface area contributed by atoms with Crippen LogP contribution < -0.4 is 5.32 Å². The summed E-state index contributed by atoms with van der Waals surface area (Å²) in [6, 6.07) is 6.84. The number of nitrogens with zero attached hydrogens (tertiary/aromatic N) is 1. The zero-order valence-electron chi connectivity index (χ0n) is 8.71. The molecular weight excluding hydrogens is 305 g/mol. The molecule has 0 atom stereocenters. The Balaban J connectivity index is 2.02. The summed E-state index contributed by atoms with van der Waals surface area (Å²) in [6.45, 7) is 0.416. The van der Waals surface area contributed by atoms with Gasteiger partial charge in [-0.3, -0.25) is 9.89 Å². The largest absolute Gasteiger partial charge is 0.346 e. The molecule has 17 heavy (non-hydrogen) atoms. The summed E-state index contributed by atoms with van der Waals surface area (Å²) in [6.07, 6.45) is 1.64. The summed E-state index contributed by atoms with van der Waals surface area (Å²) in [5.41, 5.74) is 1.41. The minimum Gasteiger partial charge on any atom is -0.346 e. The van der Waals surface area contributed by atoms with E-state index in [1.165, 1.54) is 0 Å². The van der Waals surface area contributed by atoms with E-state index in [1.54, 1.807) is 30.5 Å². The monoisotopic (exact) mass is 313 g/mol. The van der Waals surface area contributed by atoms with Crippen LogP contribution in [-0.4, -0.2) is 16.1 Å². The van der Waals surface area contributed by atoms with E-state index >= 15 is 0 Å². The number of H-pyrrole nitrogens is 1. The summed E-state index contributed by atoms with van der Waals surface area (Å²) >= 11 is 9.13. The third kappa shape index (κ3) is 3.08. The number of rotatable bonds is 3. The van der Waals surface area contributed by atoms with Crippen molar-refractivity contribution in [3.63, 3.8) is 0 Å². The number of benzene rings is 1. The van der Waals surface area contributed by atoms with Crippen LogP contribution in [0.5, 0.6) is 0 Å². The van der Waals surface area contributed by atoms with E-state index in [4.69, 9.17) is 11.6 Å². The fourth-order valence-electron chi connectivity index (χ4n) is 1.30. The predicted octanol–water partition coefficient (Wildman–Crippen LogP) is 2.76. The number of aromatic nitrogens is 2. The molecule has 1 aromatic carbocycles. The van der Waals surface area contributed by atoms with Gasteiger partial charge in [-0.2, -0.15) is 5.10 Å². The van der Waals surface area contributed by atoms with Crippen LogP contribution in [0.4, 0.5) is 0 Å². The van der Waals surface area contributed by atoms with Gasteiger partial charge in [0.25, 0.3) is 5.91 Å². The minimum absolute atomic E-state index is 0.156. The molecule has 0 aliphatic rings. The molecule has 88 valence electrons. The molecule has 1 aromatic heterocycles. The number of hydrogen-bond acceptors (Lipinski definition) is 2. The van der Waals surface area contributed by atoms with Crippen molar-refractivity contribution in [2.24, 2.45) is 0 Å². The lowest BCUT2D eigenvalue weighted by Gasteiger charge is -2.04. The highest BCUT2D eigenvalue weighted by atomic mass is 79.9. The van der Waals surface area contributed by atoms with Crippen LogP contribution >= 0.6 is 27.5 Å². The molecular formula is C11H9BrClN3O. The van der Waals surface area contributed by atoms with E-state index in [2.05, 4.69) is 31.4 Å². The maximum Gasteiger partial charge on any atom is 0.251 e. The lowest BCUT2D eigenvalue weighted by molar-refractivity contribution is 0.0950. The molecule has 0 fully saturated rings. The highest BCUT2D eigenvalue weighted by Gasteiger charge is 2.07. The Labute approximate surface area is 111 Å². The van der Waals surface area contributed by atoms with Gasteiger partial charge in [-0.1, -0.05) is 11.6 Å². The maximum absolute atomic E-state index is 11.8. The number of carbonyl (C=O) groups excluding carboxylic acids is 1. The van der Waals surface area contributed by atoms with Gasteiger partial charge in [0.05, 0.1) is 17.3 Å². The van der Waals surface area contributed by atoms with Crippen LogP contribution in [0.15, 0.2) is 34.9 Å². The van der Waals surface area contributed by atoms with Crippen molar-refractivity contribution in [3.8, 4) is 0 Å². The van der Waals surface area contributed by atoms with Gasteiger partial charge in [-0.25, -0.2) is 0 Å². The van der Waals surface area contributed by atoms with Crippen molar-refractivity contribution in [2.75, 3.05) is 0 Å². The lowest BCUT2D eigenvalue weighted by Crippen LogP contribution is -2.22. The van der Waals surface area contributed by atoms with E-state index in [9.17, 15) is 4.79 Å². The summed E-state index contributed by atoms with van der Waals surface area (Å²) in [5, 5.41) is 9.92. The first-order chi connectivity index (χ1) is 8.16. The molecule has 4 nitrogen and oxygen atoms in total. The van der Waals surface area contributed by atoms with Crippen LogP contribution in [-0.2, 0) is 6.54 Å². The van der Waals surface area contributed by atoms with Crippen LogP contribution in [0.3, 0.4) is 0 Å². The van der Waals surface area contributed by atoms with Crippen molar-refractivity contribution in [1.82, 2.24) is 15.5 Å². The Morgan fingerprint density at radius 3 is 2.94 bits per heavy atom. The van der Waals surface area contributed by atoms with E-state index in [0.29, 0.717) is 21.6 Å². The highest BCUT2D eigenvalue weighted by Crippen LogP contribution is 2.23. The number of carbonyl (C=O) groups is 1. The smallest absolute Gasteiger partial charge is 0.251 e. The number of halogens is 2. The zero-order chi connectivity index (χ0) is 12.3. The van der Waals surface area contributed by atoms with Crippen LogP contribution in [0.25, 0.3) is 0 Å². The van der Waals surface area contributed by atoms with Gasteiger partial charge in [-0.05, 0) is 40.2 Å². The SMILES string of the molecule is O=C(NCc1ccn[nH]1)c1ccc(Cl)c(Br)c1. The highest BCUT2D eigenvalue weighted by molar-refractivity contribution is 9.10. The van der Waals surface area contributed by atoms with Crippen molar-refractivity contribution < 1.29 is 4.79 Å². The molecule has 2 aromatic rings. The first kappa shape index (κ1) is 12.1. The molecule has 0 radical (unpaired) electrons. The summed E-state index contributed by atoms with van der Waals surface area (Å²) < 4.78 is 0.702. The summed E-state index contributed by atoms with van der Waals surface area (Å²) in [4.78, 5) is 11.8. The Bertz CT molecular complexity index is 528. The average Bonchev–Trinajstić information content (AvgIpc) is 2.82. The number of nitrogens with one attached hydrogen (secondary N) is 2. The van der Waals surface area contributed by atoms with Crippen molar-refractivity contribution in [3.05, 3.63) is 51.2 Å². The Morgan fingerprint density at radius 2 is 2.29 bits per heavy atom. The van der Waals surface area contributed by atoms with Crippen LogP contribution in [0.2, 0.25) is 5.02 Å². The molecule has 1 heterocycles.